The van der Waals surface area contributed by atoms with Crippen LogP contribution in [0.4, 0.5) is 4.39 Å². The summed E-state index contributed by atoms with van der Waals surface area (Å²) in [6.07, 6.45) is 0. The summed E-state index contributed by atoms with van der Waals surface area (Å²) in [6, 6.07) is 1.62. The van der Waals surface area contributed by atoms with Crippen LogP contribution in [0.15, 0.2) is 6.07 Å². The Morgan fingerprint density at radius 3 is 2.64 bits per heavy atom. The minimum atomic E-state index is -0.0747. The molecule has 11 heavy (non-hydrogen) atoms. The largest absolute Gasteiger partial charge is 0.195 e. The predicted octanol–water partition coefficient (Wildman–Crippen LogP) is 3.72. The van der Waals surface area contributed by atoms with E-state index in [0.29, 0.717) is 0 Å². The topological polar surface area (TPSA) is 0 Å². The zero-order valence-electron chi connectivity index (χ0n) is 6.27. The lowest BCUT2D eigenvalue weighted by atomic mass is 10.3. The number of rotatable bonds is 0. The highest BCUT2D eigenvalue weighted by molar-refractivity contribution is 7.27. The number of hydrogen-bond acceptors (Lipinski definition) is 2. The normalized spacial score (nSPS) is 11.2. The molecule has 0 saturated heterocycles. The Labute approximate surface area is 72.3 Å². The molecule has 58 valence electrons. The second-order valence-electron chi connectivity index (χ2n) is 2.53. The minimum Gasteiger partial charge on any atom is -0.195 e. The van der Waals surface area contributed by atoms with Gasteiger partial charge in [-0.25, -0.2) is 0 Å². The van der Waals surface area contributed by atoms with Gasteiger partial charge < -0.3 is 0 Å². The van der Waals surface area contributed by atoms with Crippen molar-refractivity contribution in [1.29, 1.82) is 0 Å². The van der Waals surface area contributed by atoms with Crippen LogP contribution in [0, 0.1) is 19.0 Å². The van der Waals surface area contributed by atoms with Crippen LogP contribution in [0.3, 0.4) is 0 Å². The summed E-state index contributed by atoms with van der Waals surface area (Å²) in [5, 5.41) is -0.0747. The summed E-state index contributed by atoms with van der Waals surface area (Å²) in [6.45, 7) is 4.12. The fourth-order valence-corrected chi connectivity index (χ4v) is 3.30. The molecular formula is C8H7FS2. The molecular weight excluding hydrogens is 179 g/mol. The third-order valence-electron chi connectivity index (χ3n) is 1.80. The Morgan fingerprint density at radius 1 is 1.27 bits per heavy atom. The smallest absolute Gasteiger partial charge is 0.178 e. The molecule has 0 saturated carbocycles. The standard InChI is InChI=1S/C8H7FS2/c1-4-5(2)10-6-3-7(9)11-8(4)6/h3H,1-2H3. The van der Waals surface area contributed by atoms with E-state index in [-0.39, 0.29) is 5.13 Å². The van der Waals surface area contributed by atoms with E-state index in [0.717, 1.165) is 9.40 Å². The van der Waals surface area contributed by atoms with E-state index < -0.39 is 0 Å². The summed E-state index contributed by atoms with van der Waals surface area (Å²) in [4.78, 5) is 1.30. The predicted molar refractivity (Wildman–Crippen MR) is 49.1 cm³/mol. The summed E-state index contributed by atoms with van der Waals surface area (Å²) in [7, 11) is 0. The molecule has 0 aromatic carbocycles. The molecule has 2 heterocycles. The van der Waals surface area contributed by atoms with E-state index in [1.165, 1.54) is 21.8 Å². The molecule has 0 radical (unpaired) electrons. The van der Waals surface area contributed by atoms with Gasteiger partial charge in [0.15, 0.2) is 5.13 Å². The minimum absolute atomic E-state index is 0.0747. The number of fused-ring (bicyclic) bond motifs is 1. The highest BCUT2D eigenvalue weighted by Crippen LogP contribution is 2.35. The molecule has 3 heteroatoms. The molecule has 0 aliphatic carbocycles. The van der Waals surface area contributed by atoms with Crippen molar-refractivity contribution in [3.8, 4) is 0 Å². The van der Waals surface area contributed by atoms with Gasteiger partial charge in [-0.15, -0.1) is 22.7 Å². The van der Waals surface area contributed by atoms with Crippen molar-refractivity contribution in [2.24, 2.45) is 0 Å². The van der Waals surface area contributed by atoms with E-state index in [1.54, 1.807) is 17.4 Å². The van der Waals surface area contributed by atoms with Crippen molar-refractivity contribution < 1.29 is 4.39 Å². The zero-order valence-corrected chi connectivity index (χ0v) is 7.90. The fourth-order valence-electron chi connectivity index (χ4n) is 1.08. The molecule has 0 amide bonds. The Kier molecular flexibility index (Phi) is 1.51. The molecule has 0 N–H and O–H groups in total. The second-order valence-corrected chi connectivity index (χ2v) is 4.79. The van der Waals surface area contributed by atoms with Crippen LogP contribution in [0.1, 0.15) is 10.4 Å². The van der Waals surface area contributed by atoms with Gasteiger partial charge in [0.1, 0.15) is 0 Å². The maximum Gasteiger partial charge on any atom is 0.178 e. The van der Waals surface area contributed by atoms with Gasteiger partial charge in [-0.2, -0.15) is 4.39 Å². The van der Waals surface area contributed by atoms with Crippen LogP contribution in [0.25, 0.3) is 9.40 Å². The summed E-state index contributed by atoms with van der Waals surface area (Å²) < 4.78 is 14.9. The lowest BCUT2D eigenvalue weighted by Gasteiger charge is -1.84. The molecule has 0 aliphatic rings. The summed E-state index contributed by atoms with van der Waals surface area (Å²) in [5.41, 5.74) is 1.24. The Morgan fingerprint density at radius 2 is 2.00 bits per heavy atom. The van der Waals surface area contributed by atoms with Crippen LogP contribution in [-0.4, -0.2) is 0 Å². The van der Waals surface area contributed by atoms with Crippen molar-refractivity contribution in [1.82, 2.24) is 0 Å². The van der Waals surface area contributed by atoms with Crippen molar-refractivity contribution in [3.05, 3.63) is 21.6 Å². The maximum atomic E-state index is 12.7. The van der Waals surface area contributed by atoms with Gasteiger partial charge in [0.05, 0.1) is 4.70 Å². The van der Waals surface area contributed by atoms with E-state index in [1.807, 2.05) is 6.92 Å². The molecule has 2 aromatic rings. The first-order chi connectivity index (χ1) is 5.18. The Balaban J connectivity index is 2.88. The first kappa shape index (κ1) is 7.25. The number of aryl methyl sites for hydroxylation is 2. The highest BCUT2D eigenvalue weighted by atomic mass is 32.1. The van der Waals surface area contributed by atoms with Crippen LogP contribution in [-0.2, 0) is 0 Å². The highest BCUT2D eigenvalue weighted by Gasteiger charge is 2.08. The van der Waals surface area contributed by atoms with Crippen LogP contribution >= 0.6 is 22.7 Å². The van der Waals surface area contributed by atoms with Gasteiger partial charge in [-0.1, -0.05) is 0 Å². The van der Waals surface area contributed by atoms with Gasteiger partial charge in [-0.3, -0.25) is 0 Å². The van der Waals surface area contributed by atoms with Gasteiger partial charge in [0, 0.05) is 15.6 Å². The number of thiophene rings is 2. The first-order valence-electron chi connectivity index (χ1n) is 3.33. The third-order valence-corrected chi connectivity index (χ3v) is 4.13. The molecule has 0 atom stereocenters. The first-order valence-corrected chi connectivity index (χ1v) is 4.97. The Bertz CT molecular complexity index is 397. The quantitative estimate of drug-likeness (QED) is 0.588. The van der Waals surface area contributed by atoms with E-state index >= 15 is 0 Å². The lowest BCUT2D eigenvalue weighted by Crippen LogP contribution is -1.64. The molecule has 0 spiro atoms. The van der Waals surface area contributed by atoms with Crippen molar-refractivity contribution in [2.45, 2.75) is 13.8 Å². The molecule has 0 aliphatic heterocycles. The number of hydrogen-bond donors (Lipinski definition) is 0. The molecule has 0 unspecified atom stereocenters. The van der Waals surface area contributed by atoms with Crippen LogP contribution < -0.4 is 0 Å². The van der Waals surface area contributed by atoms with Gasteiger partial charge >= 0.3 is 0 Å². The van der Waals surface area contributed by atoms with E-state index in [9.17, 15) is 4.39 Å². The lowest BCUT2D eigenvalue weighted by molar-refractivity contribution is 0.658. The summed E-state index contributed by atoms with van der Waals surface area (Å²) in [5.74, 6) is 0. The van der Waals surface area contributed by atoms with Gasteiger partial charge in [0.2, 0.25) is 0 Å². The second kappa shape index (κ2) is 2.29. The van der Waals surface area contributed by atoms with Crippen LogP contribution in [0.5, 0.6) is 0 Å². The third kappa shape index (κ3) is 0.993. The van der Waals surface area contributed by atoms with Crippen molar-refractivity contribution in [3.63, 3.8) is 0 Å². The van der Waals surface area contributed by atoms with E-state index in [4.69, 9.17) is 0 Å². The maximum absolute atomic E-state index is 12.7. The SMILES string of the molecule is Cc1sc2cc(F)sc2c1C. The molecule has 2 rings (SSSR count). The summed E-state index contributed by atoms with van der Waals surface area (Å²) >= 11 is 2.91. The molecule has 0 bridgehead atoms. The van der Waals surface area contributed by atoms with Crippen molar-refractivity contribution in [2.75, 3.05) is 0 Å². The van der Waals surface area contributed by atoms with Crippen molar-refractivity contribution >= 4 is 32.1 Å². The van der Waals surface area contributed by atoms with E-state index in [2.05, 4.69) is 6.92 Å². The van der Waals surface area contributed by atoms with Crippen LogP contribution in [0.2, 0.25) is 0 Å². The monoisotopic (exact) mass is 186 g/mol. The molecule has 2 aromatic heterocycles. The molecule has 0 fully saturated rings. The van der Waals surface area contributed by atoms with Gasteiger partial charge in [-0.05, 0) is 19.4 Å². The average molecular weight is 186 g/mol. The number of halogens is 1. The fraction of sp³-hybridized carbons (Fsp3) is 0.250. The van der Waals surface area contributed by atoms with Gasteiger partial charge in [0.25, 0.3) is 0 Å². The Hall–Kier alpha value is -0.410. The zero-order chi connectivity index (χ0) is 8.01. The average Bonchev–Trinajstić information content (AvgIpc) is 2.37. The molecule has 0 nitrogen and oxygen atoms in total.